The smallest absolute Gasteiger partial charge is 0.226 e. The Morgan fingerprint density at radius 2 is 2.00 bits per heavy atom. The van der Waals surface area contributed by atoms with Crippen molar-refractivity contribution in [2.24, 2.45) is 5.92 Å². The molecule has 1 saturated heterocycles. The maximum absolute atomic E-state index is 14.7. The summed E-state index contributed by atoms with van der Waals surface area (Å²) >= 11 is 0. The number of pyridine rings is 1. The molecular formula is C26H34FN3O3. The van der Waals surface area contributed by atoms with Gasteiger partial charge in [0.25, 0.3) is 0 Å². The van der Waals surface area contributed by atoms with E-state index < -0.39 is 0 Å². The molecule has 0 unspecified atom stereocenters. The normalized spacial score (nSPS) is 17.2. The third-order valence-corrected chi connectivity index (χ3v) is 6.55. The van der Waals surface area contributed by atoms with E-state index in [2.05, 4.69) is 15.2 Å². The molecule has 178 valence electrons. The third-order valence-electron chi connectivity index (χ3n) is 6.55. The van der Waals surface area contributed by atoms with Crippen LogP contribution in [-0.2, 0) is 16.0 Å². The number of benzene rings is 1. The maximum Gasteiger partial charge on any atom is 0.226 e. The van der Waals surface area contributed by atoms with Crippen LogP contribution < -0.4 is 10.1 Å². The molecule has 0 atom stereocenters. The average Bonchev–Trinajstić information content (AvgIpc) is 3.34. The fourth-order valence-corrected chi connectivity index (χ4v) is 4.57. The number of hydrogen-bond donors (Lipinski definition) is 1. The lowest BCUT2D eigenvalue weighted by Gasteiger charge is -2.26. The molecule has 1 aromatic heterocycles. The summed E-state index contributed by atoms with van der Waals surface area (Å²) in [6, 6.07) is 8.51. The summed E-state index contributed by atoms with van der Waals surface area (Å²) < 4.78 is 25.8. The van der Waals surface area contributed by atoms with Crippen molar-refractivity contribution in [3.05, 3.63) is 48.0 Å². The van der Waals surface area contributed by atoms with E-state index in [-0.39, 0.29) is 18.1 Å². The number of carbonyl (C=O) groups is 1. The number of amides is 1. The van der Waals surface area contributed by atoms with Crippen LogP contribution in [0.1, 0.15) is 37.8 Å². The molecule has 6 nitrogen and oxygen atoms in total. The van der Waals surface area contributed by atoms with Crippen LogP contribution in [0.5, 0.6) is 5.75 Å². The fraction of sp³-hybridized carbons (Fsp3) is 0.538. The van der Waals surface area contributed by atoms with Gasteiger partial charge < -0.3 is 14.8 Å². The molecule has 33 heavy (non-hydrogen) atoms. The highest BCUT2D eigenvalue weighted by atomic mass is 19.1. The Labute approximate surface area is 195 Å². The molecule has 0 radical (unpaired) electrons. The number of morpholine rings is 1. The SMILES string of the molecule is O=C(Cc1ccc(-c2ccc(OCCN3CCOCC3)cc2F)cn1)NCCC1CCCC1. The minimum Gasteiger partial charge on any atom is -0.492 e. The number of nitrogens with one attached hydrogen (secondary N) is 1. The highest BCUT2D eigenvalue weighted by molar-refractivity contribution is 5.78. The van der Waals surface area contributed by atoms with E-state index in [1.165, 1.54) is 31.7 Å². The van der Waals surface area contributed by atoms with E-state index in [0.29, 0.717) is 29.2 Å². The number of ether oxygens (including phenoxy) is 2. The van der Waals surface area contributed by atoms with Crippen molar-refractivity contribution >= 4 is 5.91 Å². The van der Waals surface area contributed by atoms with Crippen molar-refractivity contribution in [3.63, 3.8) is 0 Å². The van der Waals surface area contributed by atoms with E-state index in [9.17, 15) is 9.18 Å². The van der Waals surface area contributed by atoms with Crippen LogP contribution in [0.3, 0.4) is 0 Å². The molecule has 7 heteroatoms. The number of rotatable bonds is 10. The largest absolute Gasteiger partial charge is 0.492 e. The minimum atomic E-state index is -0.349. The molecule has 0 bridgehead atoms. The predicted molar refractivity (Wildman–Crippen MR) is 126 cm³/mol. The standard InChI is InChI=1S/C26H34FN3O3/c27-25-18-23(33-16-13-30-11-14-32-15-12-30)7-8-24(25)21-5-6-22(29-19-21)17-26(31)28-10-9-20-3-1-2-4-20/h5-8,18-20H,1-4,9-17H2,(H,28,31). The lowest BCUT2D eigenvalue weighted by Crippen LogP contribution is -2.38. The monoisotopic (exact) mass is 455 g/mol. The Hall–Kier alpha value is -2.51. The molecule has 1 saturated carbocycles. The zero-order valence-electron chi connectivity index (χ0n) is 19.2. The molecule has 1 aliphatic carbocycles. The Morgan fingerprint density at radius 3 is 2.73 bits per heavy atom. The van der Waals surface area contributed by atoms with Crippen LogP contribution in [0.15, 0.2) is 36.5 Å². The lowest BCUT2D eigenvalue weighted by atomic mass is 10.0. The van der Waals surface area contributed by atoms with Gasteiger partial charge in [0.2, 0.25) is 5.91 Å². The number of halogens is 1. The van der Waals surface area contributed by atoms with Gasteiger partial charge >= 0.3 is 0 Å². The van der Waals surface area contributed by atoms with E-state index in [1.54, 1.807) is 24.4 Å². The molecular weight excluding hydrogens is 421 g/mol. The summed E-state index contributed by atoms with van der Waals surface area (Å²) in [5, 5.41) is 3.00. The first-order valence-corrected chi connectivity index (χ1v) is 12.1. The minimum absolute atomic E-state index is 0.0157. The van der Waals surface area contributed by atoms with Gasteiger partial charge in [-0.15, -0.1) is 0 Å². The second-order valence-corrected chi connectivity index (χ2v) is 8.95. The van der Waals surface area contributed by atoms with Crippen LogP contribution in [0.4, 0.5) is 4.39 Å². The first-order chi connectivity index (χ1) is 16.2. The Morgan fingerprint density at radius 1 is 1.18 bits per heavy atom. The number of carbonyl (C=O) groups excluding carboxylic acids is 1. The molecule has 2 aromatic rings. The van der Waals surface area contributed by atoms with Crippen LogP contribution >= 0.6 is 0 Å². The molecule has 1 N–H and O–H groups in total. The van der Waals surface area contributed by atoms with Crippen LogP contribution in [0, 0.1) is 11.7 Å². The van der Waals surface area contributed by atoms with Crippen molar-refractivity contribution in [2.75, 3.05) is 46.0 Å². The maximum atomic E-state index is 14.7. The summed E-state index contributed by atoms with van der Waals surface area (Å²) in [7, 11) is 0. The highest BCUT2D eigenvalue weighted by Crippen LogP contribution is 2.27. The number of nitrogens with zero attached hydrogens (tertiary/aromatic N) is 2. The summed E-state index contributed by atoms with van der Waals surface area (Å²) in [6.07, 6.45) is 8.14. The highest BCUT2D eigenvalue weighted by Gasteiger charge is 2.15. The molecule has 1 aliphatic heterocycles. The van der Waals surface area contributed by atoms with Gasteiger partial charge in [-0.1, -0.05) is 31.7 Å². The summed E-state index contributed by atoms with van der Waals surface area (Å²) in [5.74, 6) is 0.915. The lowest BCUT2D eigenvalue weighted by molar-refractivity contribution is -0.120. The van der Waals surface area contributed by atoms with Crippen molar-refractivity contribution in [2.45, 2.75) is 38.5 Å². The van der Waals surface area contributed by atoms with Gasteiger partial charge in [0, 0.05) is 55.3 Å². The third kappa shape index (κ3) is 7.24. The molecule has 2 heterocycles. The van der Waals surface area contributed by atoms with Crippen LogP contribution in [0.2, 0.25) is 0 Å². The van der Waals surface area contributed by atoms with Gasteiger partial charge in [-0.05, 0) is 30.5 Å². The van der Waals surface area contributed by atoms with Crippen molar-refractivity contribution in [1.82, 2.24) is 15.2 Å². The van der Waals surface area contributed by atoms with Crippen molar-refractivity contribution < 1.29 is 18.7 Å². The molecule has 1 amide bonds. The van der Waals surface area contributed by atoms with Gasteiger partial charge in [-0.2, -0.15) is 0 Å². The second kappa shape index (κ2) is 12.1. The quantitative estimate of drug-likeness (QED) is 0.590. The zero-order valence-corrected chi connectivity index (χ0v) is 19.2. The van der Waals surface area contributed by atoms with Gasteiger partial charge in [-0.25, -0.2) is 4.39 Å². The summed E-state index contributed by atoms with van der Waals surface area (Å²) in [5.41, 5.74) is 1.83. The Balaban J connectivity index is 1.23. The molecule has 2 aliphatic rings. The van der Waals surface area contributed by atoms with Gasteiger partial charge in [0.05, 0.1) is 19.6 Å². The summed E-state index contributed by atoms with van der Waals surface area (Å²) in [6.45, 7) is 5.35. The Kier molecular flexibility index (Phi) is 8.66. The van der Waals surface area contributed by atoms with Gasteiger partial charge in [0.1, 0.15) is 18.2 Å². The predicted octanol–water partition coefficient (Wildman–Crippen LogP) is 3.84. The van der Waals surface area contributed by atoms with E-state index in [1.807, 2.05) is 6.07 Å². The fourth-order valence-electron chi connectivity index (χ4n) is 4.57. The topological polar surface area (TPSA) is 63.7 Å². The Bertz CT molecular complexity index is 894. The first-order valence-electron chi connectivity index (χ1n) is 12.1. The molecule has 2 fully saturated rings. The van der Waals surface area contributed by atoms with Crippen LogP contribution in [-0.4, -0.2) is 61.8 Å². The van der Waals surface area contributed by atoms with Crippen LogP contribution in [0.25, 0.3) is 11.1 Å². The number of aromatic nitrogens is 1. The first kappa shape index (κ1) is 23.6. The van der Waals surface area contributed by atoms with Crippen molar-refractivity contribution in [1.29, 1.82) is 0 Å². The molecule has 0 spiro atoms. The van der Waals surface area contributed by atoms with Crippen molar-refractivity contribution in [3.8, 4) is 16.9 Å². The molecule has 1 aromatic carbocycles. The zero-order chi connectivity index (χ0) is 22.9. The number of hydrogen-bond acceptors (Lipinski definition) is 5. The average molecular weight is 456 g/mol. The summed E-state index contributed by atoms with van der Waals surface area (Å²) in [4.78, 5) is 18.8. The van der Waals surface area contributed by atoms with Gasteiger partial charge in [0.15, 0.2) is 0 Å². The second-order valence-electron chi connectivity index (χ2n) is 8.95. The van der Waals surface area contributed by atoms with E-state index >= 15 is 0 Å². The van der Waals surface area contributed by atoms with Gasteiger partial charge in [-0.3, -0.25) is 14.7 Å². The van der Waals surface area contributed by atoms with E-state index in [4.69, 9.17) is 9.47 Å². The van der Waals surface area contributed by atoms with E-state index in [0.717, 1.165) is 51.7 Å². The molecule has 4 rings (SSSR count).